The standard InChI is InChI=1S/C25H26N2O4/c1-2-4-18(14-25(28)29)17-6-9-21(10-7-17)31-24(15-22-5-3-12-30-22)19-8-11-23-20(13-19)16-26-27-23/h6-11,13,16,18,22,24H,3,5,12,14-15H2,1H3,(H,26,27)(H,28,29). The molecular weight excluding hydrogens is 392 g/mol. The molecule has 2 N–H and O–H groups in total. The van der Waals surface area contributed by atoms with Crippen LogP contribution in [0.2, 0.25) is 0 Å². The molecule has 1 saturated heterocycles. The Morgan fingerprint density at radius 3 is 2.81 bits per heavy atom. The fraction of sp³-hybridized carbons (Fsp3) is 0.360. The summed E-state index contributed by atoms with van der Waals surface area (Å²) in [5.41, 5.74) is 2.94. The second-order valence-electron chi connectivity index (χ2n) is 7.81. The van der Waals surface area contributed by atoms with Gasteiger partial charge in [0, 0.05) is 18.4 Å². The van der Waals surface area contributed by atoms with E-state index in [0.717, 1.165) is 53.6 Å². The van der Waals surface area contributed by atoms with Gasteiger partial charge in [0.05, 0.1) is 30.2 Å². The minimum Gasteiger partial charge on any atom is -0.486 e. The van der Waals surface area contributed by atoms with E-state index in [4.69, 9.17) is 14.6 Å². The number of rotatable bonds is 8. The van der Waals surface area contributed by atoms with E-state index in [0.29, 0.717) is 0 Å². The number of nitrogens with one attached hydrogen (secondary N) is 1. The zero-order chi connectivity index (χ0) is 21.6. The number of carboxylic acid groups (broad SMARTS) is 1. The van der Waals surface area contributed by atoms with E-state index in [1.807, 2.05) is 36.5 Å². The van der Waals surface area contributed by atoms with Gasteiger partial charge in [0.15, 0.2) is 0 Å². The third kappa shape index (κ3) is 5.25. The summed E-state index contributed by atoms with van der Waals surface area (Å²) in [6, 6.07) is 13.8. The molecule has 6 nitrogen and oxygen atoms in total. The van der Waals surface area contributed by atoms with Gasteiger partial charge in [-0.15, -0.1) is 5.92 Å². The SMILES string of the molecule is CC#CC(CC(=O)O)c1ccc(OC(CC2CCCO2)c2ccc3[nH]ncc3c2)cc1. The number of fused-ring (bicyclic) bond motifs is 1. The van der Waals surface area contributed by atoms with Crippen LogP contribution in [-0.2, 0) is 9.53 Å². The maximum absolute atomic E-state index is 11.2. The first kappa shape index (κ1) is 21.0. The molecule has 0 saturated carbocycles. The molecule has 1 fully saturated rings. The van der Waals surface area contributed by atoms with Crippen LogP contribution in [0.15, 0.2) is 48.7 Å². The van der Waals surface area contributed by atoms with Crippen molar-refractivity contribution in [2.24, 2.45) is 0 Å². The molecule has 1 aromatic heterocycles. The molecule has 0 amide bonds. The van der Waals surface area contributed by atoms with Crippen molar-refractivity contribution in [3.8, 4) is 17.6 Å². The molecule has 0 aliphatic carbocycles. The van der Waals surface area contributed by atoms with Crippen molar-refractivity contribution >= 4 is 16.9 Å². The highest BCUT2D eigenvalue weighted by Gasteiger charge is 2.24. The van der Waals surface area contributed by atoms with Crippen LogP contribution < -0.4 is 4.74 Å². The highest BCUT2D eigenvalue weighted by atomic mass is 16.5. The lowest BCUT2D eigenvalue weighted by Gasteiger charge is -2.23. The van der Waals surface area contributed by atoms with Gasteiger partial charge in [-0.3, -0.25) is 9.89 Å². The first-order chi connectivity index (χ1) is 15.1. The third-order valence-electron chi connectivity index (χ3n) is 5.60. The largest absolute Gasteiger partial charge is 0.486 e. The van der Waals surface area contributed by atoms with Crippen molar-refractivity contribution in [1.29, 1.82) is 0 Å². The number of nitrogens with zero attached hydrogens (tertiary/aromatic N) is 1. The summed E-state index contributed by atoms with van der Waals surface area (Å²) < 4.78 is 12.3. The molecule has 1 aliphatic rings. The number of aromatic nitrogens is 2. The van der Waals surface area contributed by atoms with Gasteiger partial charge in [0.2, 0.25) is 0 Å². The Morgan fingerprint density at radius 1 is 1.29 bits per heavy atom. The van der Waals surface area contributed by atoms with Gasteiger partial charge in [-0.25, -0.2) is 0 Å². The molecule has 3 atom stereocenters. The van der Waals surface area contributed by atoms with Gasteiger partial charge in [-0.1, -0.05) is 24.1 Å². The summed E-state index contributed by atoms with van der Waals surface area (Å²) in [6.45, 7) is 2.52. The molecule has 31 heavy (non-hydrogen) atoms. The van der Waals surface area contributed by atoms with E-state index >= 15 is 0 Å². The summed E-state index contributed by atoms with van der Waals surface area (Å²) in [6.07, 6.45) is 4.72. The van der Waals surface area contributed by atoms with E-state index < -0.39 is 5.97 Å². The van der Waals surface area contributed by atoms with E-state index in [2.05, 4.69) is 34.2 Å². The van der Waals surface area contributed by atoms with Crippen molar-refractivity contribution in [2.75, 3.05) is 6.61 Å². The summed E-state index contributed by atoms with van der Waals surface area (Å²) in [5.74, 6) is 5.35. The molecule has 160 valence electrons. The molecule has 0 spiro atoms. The number of benzene rings is 2. The van der Waals surface area contributed by atoms with Gasteiger partial charge in [0.1, 0.15) is 11.9 Å². The molecule has 6 heteroatoms. The zero-order valence-corrected chi connectivity index (χ0v) is 17.5. The van der Waals surface area contributed by atoms with Crippen LogP contribution in [0.5, 0.6) is 5.75 Å². The molecule has 0 radical (unpaired) electrons. The Hall–Kier alpha value is -3.30. The normalized spacial score (nSPS) is 17.6. The first-order valence-electron chi connectivity index (χ1n) is 10.6. The van der Waals surface area contributed by atoms with Gasteiger partial charge >= 0.3 is 5.97 Å². The first-order valence-corrected chi connectivity index (χ1v) is 10.6. The van der Waals surface area contributed by atoms with Crippen molar-refractivity contribution in [3.05, 3.63) is 59.8 Å². The molecule has 3 unspecified atom stereocenters. The van der Waals surface area contributed by atoms with Crippen LogP contribution >= 0.6 is 0 Å². The Kier molecular flexibility index (Phi) is 6.54. The number of H-pyrrole nitrogens is 1. The Bertz CT molecular complexity index is 1090. The van der Waals surface area contributed by atoms with Crippen LogP contribution in [0.3, 0.4) is 0 Å². The molecule has 2 heterocycles. The lowest BCUT2D eigenvalue weighted by molar-refractivity contribution is -0.137. The molecular formula is C25H26N2O4. The number of hydrogen-bond acceptors (Lipinski definition) is 4. The number of carboxylic acids is 1. The van der Waals surface area contributed by atoms with Crippen molar-refractivity contribution < 1.29 is 19.4 Å². The second kappa shape index (κ2) is 9.67. The maximum atomic E-state index is 11.2. The van der Waals surface area contributed by atoms with Crippen LogP contribution in [0.1, 0.15) is 55.8 Å². The topological polar surface area (TPSA) is 84.4 Å². The van der Waals surface area contributed by atoms with Gasteiger partial charge in [0.25, 0.3) is 0 Å². The van der Waals surface area contributed by atoms with Crippen LogP contribution in [0, 0.1) is 11.8 Å². The van der Waals surface area contributed by atoms with Crippen molar-refractivity contribution in [2.45, 2.75) is 50.7 Å². The van der Waals surface area contributed by atoms with E-state index in [1.165, 1.54) is 0 Å². The molecule has 0 bridgehead atoms. The predicted molar refractivity (Wildman–Crippen MR) is 118 cm³/mol. The van der Waals surface area contributed by atoms with Crippen LogP contribution in [-0.4, -0.2) is 34.0 Å². The third-order valence-corrected chi connectivity index (χ3v) is 5.60. The average molecular weight is 418 g/mol. The highest BCUT2D eigenvalue weighted by molar-refractivity contribution is 5.78. The lowest BCUT2D eigenvalue weighted by Crippen LogP contribution is -2.16. The minimum atomic E-state index is -0.862. The second-order valence-corrected chi connectivity index (χ2v) is 7.81. The van der Waals surface area contributed by atoms with Gasteiger partial charge in [-0.2, -0.15) is 5.10 Å². The molecule has 2 aromatic carbocycles. The Morgan fingerprint density at radius 2 is 2.10 bits per heavy atom. The number of carbonyl (C=O) groups is 1. The maximum Gasteiger partial charge on any atom is 0.304 e. The smallest absolute Gasteiger partial charge is 0.304 e. The van der Waals surface area contributed by atoms with Gasteiger partial charge < -0.3 is 14.6 Å². The Labute approximate surface area is 181 Å². The predicted octanol–water partition coefficient (Wildman–Crippen LogP) is 4.83. The fourth-order valence-corrected chi connectivity index (χ4v) is 4.03. The minimum absolute atomic E-state index is 0.0204. The lowest BCUT2D eigenvalue weighted by atomic mass is 9.96. The van der Waals surface area contributed by atoms with Gasteiger partial charge in [-0.05, 0) is 55.2 Å². The number of ether oxygens (including phenoxy) is 2. The number of aliphatic carboxylic acids is 1. The zero-order valence-electron chi connectivity index (χ0n) is 17.5. The average Bonchev–Trinajstić information content (AvgIpc) is 3.44. The number of hydrogen-bond donors (Lipinski definition) is 2. The summed E-state index contributed by atoms with van der Waals surface area (Å²) >= 11 is 0. The van der Waals surface area contributed by atoms with Crippen molar-refractivity contribution in [1.82, 2.24) is 10.2 Å². The summed E-state index contributed by atoms with van der Waals surface area (Å²) in [5, 5.41) is 17.3. The van der Waals surface area contributed by atoms with E-state index in [9.17, 15) is 4.79 Å². The quantitative estimate of drug-likeness (QED) is 0.512. The molecule has 4 rings (SSSR count). The summed E-state index contributed by atoms with van der Waals surface area (Å²) in [7, 11) is 0. The van der Waals surface area contributed by atoms with E-state index in [1.54, 1.807) is 6.92 Å². The Balaban J connectivity index is 1.55. The van der Waals surface area contributed by atoms with Crippen molar-refractivity contribution in [3.63, 3.8) is 0 Å². The molecule has 3 aromatic rings. The number of aromatic amines is 1. The van der Waals surface area contributed by atoms with E-state index in [-0.39, 0.29) is 24.5 Å². The highest BCUT2D eigenvalue weighted by Crippen LogP contribution is 2.32. The van der Waals surface area contributed by atoms with Crippen LogP contribution in [0.4, 0.5) is 0 Å². The summed E-state index contributed by atoms with van der Waals surface area (Å²) in [4.78, 5) is 11.2. The fourth-order valence-electron chi connectivity index (χ4n) is 4.03. The monoisotopic (exact) mass is 418 g/mol. The van der Waals surface area contributed by atoms with Crippen LogP contribution in [0.25, 0.3) is 10.9 Å². The molecule has 1 aliphatic heterocycles.